The molecule has 0 atom stereocenters. The molecular weight excluding hydrogens is 420 g/mol. The predicted molar refractivity (Wildman–Crippen MR) is 129 cm³/mol. The number of benzene rings is 1. The molecular formula is C26H38N2O3S. The Morgan fingerprint density at radius 3 is 2.34 bits per heavy atom. The quantitative estimate of drug-likeness (QED) is 0.585. The maximum absolute atomic E-state index is 12.4. The summed E-state index contributed by atoms with van der Waals surface area (Å²) < 4.78 is 32.8. The van der Waals surface area contributed by atoms with Crippen molar-refractivity contribution in [2.24, 2.45) is 11.1 Å². The standard InChI is InChI=1S/C26H38N2O3S/c1-18-24(32(27,29)30)16-23(28(18)17-19-9-7-6-8-10-19)20-13-21(25(2,3)31-5)15-22(14-20)26(4)11-12-26/h13-16,19H,6-12,17H2,1-5H3,(H2,27,29,30). The number of primary sulfonamides is 1. The summed E-state index contributed by atoms with van der Waals surface area (Å²) in [6.07, 6.45) is 8.54. The Morgan fingerprint density at radius 2 is 1.78 bits per heavy atom. The smallest absolute Gasteiger partial charge is 0.239 e. The molecule has 1 aromatic carbocycles. The molecule has 2 saturated carbocycles. The Balaban J connectivity index is 1.89. The number of aromatic nitrogens is 1. The van der Waals surface area contributed by atoms with Gasteiger partial charge in [0.2, 0.25) is 10.0 Å². The molecule has 176 valence electrons. The lowest BCUT2D eigenvalue weighted by Gasteiger charge is -2.27. The molecule has 0 saturated heterocycles. The van der Waals surface area contributed by atoms with Crippen LogP contribution in [0.25, 0.3) is 11.3 Å². The molecule has 0 aliphatic heterocycles. The molecule has 2 N–H and O–H groups in total. The average molecular weight is 459 g/mol. The van der Waals surface area contributed by atoms with Gasteiger partial charge >= 0.3 is 0 Å². The third-order valence-corrected chi connectivity index (χ3v) is 8.95. The van der Waals surface area contributed by atoms with E-state index in [0.717, 1.165) is 29.1 Å². The third-order valence-electron chi connectivity index (χ3n) is 7.92. The second-order valence-corrected chi connectivity index (χ2v) is 12.2. The third kappa shape index (κ3) is 4.55. The number of sulfonamides is 1. The van der Waals surface area contributed by atoms with Gasteiger partial charge in [0.05, 0.1) is 5.60 Å². The summed E-state index contributed by atoms with van der Waals surface area (Å²) in [6.45, 7) is 9.18. The van der Waals surface area contributed by atoms with Crippen LogP contribution in [0.15, 0.2) is 29.2 Å². The van der Waals surface area contributed by atoms with Gasteiger partial charge in [0.15, 0.2) is 0 Å². The molecule has 32 heavy (non-hydrogen) atoms. The van der Waals surface area contributed by atoms with Crippen molar-refractivity contribution in [2.75, 3.05) is 7.11 Å². The van der Waals surface area contributed by atoms with Crippen LogP contribution in [-0.2, 0) is 32.3 Å². The van der Waals surface area contributed by atoms with Crippen LogP contribution < -0.4 is 5.14 Å². The fourth-order valence-corrected chi connectivity index (χ4v) is 5.87. The molecule has 2 fully saturated rings. The lowest BCUT2D eigenvalue weighted by atomic mass is 9.87. The molecule has 0 spiro atoms. The molecule has 2 aromatic rings. The lowest BCUT2D eigenvalue weighted by molar-refractivity contribution is 0.0192. The zero-order valence-corrected chi connectivity index (χ0v) is 21.0. The zero-order valence-electron chi connectivity index (χ0n) is 20.2. The number of hydrogen-bond acceptors (Lipinski definition) is 3. The van der Waals surface area contributed by atoms with Crippen molar-refractivity contribution in [3.8, 4) is 11.3 Å². The Bertz CT molecular complexity index is 1100. The van der Waals surface area contributed by atoms with Crippen molar-refractivity contribution in [1.82, 2.24) is 4.57 Å². The molecule has 1 heterocycles. The molecule has 6 heteroatoms. The summed E-state index contributed by atoms with van der Waals surface area (Å²) in [6, 6.07) is 8.46. The summed E-state index contributed by atoms with van der Waals surface area (Å²) in [5, 5.41) is 5.62. The number of rotatable bonds is 7. The van der Waals surface area contributed by atoms with E-state index in [4.69, 9.17) is 9.88 Å². The fraction of sp³-hybridized carbons (Fsp3) is 0.615. The Morgan fingerprint density at radius 1 is 1.12 bits per heavy atom. The number of nitrogens with zero attached hydrogens (tertiary/aromatic N) is 1. The van der Waals surface area contributed by atoms with Crippen LogP contribution in [0.2, 0.25) is 0 Å². The van der Waals surface area contributed by atoms with Gasteiger partial charge in [-0.05, 0) is 92.7 Å². The van der Waals surface area contributed by atoms with Crippen molar-refractivity contribution in [3.63, 3.8) is 0 Å². The minimum Gasteiger partial charge on any atom is -0.374 e. The van der Waals surface area contributed by atoms with Crippen molar-refractivity contribution < 1.29 is 13.2 Å². The van der Waals surface area contributed by atoms with Gasteiger partial charge in [-0.25, -0.2) is 13.6 Å². The summed E-state index contributed by atoms with van der Waals surface area (Å²) in [5.41, 5.74) is 4.89. The summed E-state index contributed by atoms with van der Waals surface area (Å²) in [7, 11) is -2.06. The molecule has 4 rings (SSSR count). The van der Waals surface area contributed by atoms with Gasteiger partial charge in [0.25, 0.3) is 0 Å². The van der Waals surface area contributed by atoms with E-state index >= 15 is 0 Å². The Labute approximate surface area is 193 Å². The topological polar surface area (TPSA) is 74.3 Å². The monoisotopic (exact) mass is 458 g/mol. The van der Waals surface area contributed by atoms with Gasteiger partial charge in [-0.2, -0.15) is 0 Å². The van der Waals surface area contributed by atoms with Crippen molar-refractivity contribution in [3.05, 3.63) is 41.1 Å². The minimum atomic E-state index is -3.80. The summed E-state index contributed by atoms with van der Waals surface area (Å²) in [4.78, 5) is 0.235. The minimum absolute atomic E-state index is 0.188. The first kappa shape index (κ1) is 23.5. The Hall–Kier alpha value is -1.63. The molecule has 2 aliphatic rings. The van der Waals surface area contributed by atoms with Crippen LogP contribution in [0.3, 0.4) is 0 Å². The van der Waals surface area contributed by atoms with Gasteiger partial charge in [0.1, 0.15) is 4.90 Å². The van der Waals surface area contributed by atoms with Gasteiger partial charge in [-0.1, -0.05) is 32.3 Å². The molecule has 1 aromatic heterocycles. The number of nitrogens with two attached hydrogens (primary N) is 1. The zero-order chi connectivity index (χ0) is 23.3. The van der Waals surface area contributed by atoms with E-state index in [0.29, 0.717) is 5.92 Å². The second kappa shape index (κ2) is 8.30. The maximum atomic E-state index is 12.4. The first-order chi connectivity index (χ1) is 14.9. The first-order valence-electron chi connectivity index (χ1n) is 11.9. The summed E-state index contributed by atoms with van der Waals surface area (Å²) in [5.74, 6) is 0.570. The average Bonchev–Trinajstić information content (AvgIpc) is 3.42. The van der Waals surface area contributed by atoms with Crippen LogP contribution in [0.1, 0.15) is 82.5 Å². The van der Waals surface area contributed by atoms with Crippen LogP contribution >= 0.6 is 0 Å². The Kier molecular flexibility index (Phi) is 6.10. The summed E-state index contributed by atoms with van der Waals surface area (Å²) >= 11 is 0. The van der Waals surface area contributed by atoms with E-state index in [9.17, 15) is 8.42 Å². The van der Waals surface area contributed by atoms with Crippen LogP contribution in [0.4, 0.5) is 0 Å². The van der Waals surface area contributed by atoms with E-state index < -0.39 is 15.6 Å². The lowest BCUT2D eigenvalue weighted by Crippen LogP contribution is -2.21. The van der Waals surface area contributed by atoms with E-state index in [-0.39, 0.29) is 10.3 Å². The van der Waals surface area contributed by atoms with Crippen LogP contribution in [-0.4, -0.2) is 20.1 Å². The van der Waals surface area contributed by atoms with Crippen LogP contribution in [0.5, 0.6) is 0 Å². The van der Waals surface area contributed by atoms with E-state index in [1.165, 1.54) is 50.5 Å². The number of ether oxygens (including phenoxy) is 1. The largest absolute Gasteiger partial charge is 0.374 e. The molecule has 0 bridgehead atoms. The SMILES string of the molecule is COC(C)(C)c1cc(-c2cc(S(N)(=O)=O)c(C)n2CC2CCCCC2)cc(C2(C)CC2)c1. The number of methoxy groups -OCH3 is 1. The highest BCUT2D eigenvalue weighted by Gasteiger charge is 2.40. The number of hydrogen-bond donors (Lipinski definition) is 1. The van der Waals surface area contributed by atoms with Gasteiger partial charge in [0, 0.05) is 25.0 Å². The van der Waals surface area contributed by atoms with E-state index in [2.05, 4.69) is 43.5 Å². The van der Waals surface area contributed by atoms with Crippen molar-refractivity contribution >= 4 is 10.0 Å². The highest BCUT2D eigenvalue weighted by atomic mass is 32.2. The molecule has 2 aliphatic carbocycles. The maximum Gasteiger partial charge on any atom is 0.239 e. The predicted octanol–water partition coefficient (Wildman–Crippen LogP) is 5.62. The molecule has 0 unspecified atom stereocenters. The van der Waals surface area contributed by atoms with E-state index in [1.54, 1.807) is 13.2 Å². The normalized spacial score (nSPS) is 19.3. The van der Waals surface area contributed by atoms with Crippen molar-refractivity contribution in [2.45, 2.75) is 95.1 Å². The molecule has 0 amide bonds. The van der Waals surface area contributed by atoms with Crippen LogP contribution in [0, 0.1) is 12.8 Å². The molecule has 5 nitrogen and oxygen atoms in total. The fourth-order valence-electron chi connectivity index (χ4n) is 5.08. The van der Waals surface area contributed by atoms with E-state index in [1.807, 2.05) is 6.92 Å². The molecule has 0 radical (unpaired) electrons. The van der Waals surface area contributed by atoms with Gasteiger partial charge in [-0.15, -0.1) is 0 Å². The highest BCUT2D eigenvalue weighted by molar-refractivity contribution is 7.89. The van der Waals surface area contributed by atoms with Gasteiger partial charge in [-0.3, -0.25) is 0 Å². The first-order valence-corrected chi connectivity index (χ1v) is 13.4. The van der Waals surface area contributed by atoms with Crippen molar-refractivity contribution in [1.29, 1.82) is 0 Å². The highest BCUT2D eigenvalue weighted by Crippen LogP contribution is 2.49. The van der Waals surface area contributed by atoms with Gasteiger partial charge < -0.3 is 9.30 Å². The second-order valence-electron chi connectivity index (χ2n) is 10.7.